The summed E-state index contributed by atoms with van der Waals surface area (Å²) in [7, 11) is 4.23. The fraction of sp³-hybridized carbons (Fsp3) is 0.667. The van der Waals surface area contributed by atoms with Gasteiger partial charge in [-0.3, -0.25) is 19.7 Å². The summed E-state index contributed by atoms with van der Waals surface area (Å²) in [6, 6.07) is 0. The standard InChI is InChI=1S/C15H22N4O/c1-19(2)15(12-10-16-7-8-17-12)5-3-14(4-6-15)9-13(20)18-11-14/h7-8,10H,3-6,9,11H2,1-2H3,(H,18,20)/t14-,15-. The summed E-state index contributed by atoms with van der Waals surface area (Å²) < 4.78 is 0. The van der Waals surface area contributed by atoms with E-state index < -0.39 is 0 Å². The minimum atomic E-state index is -0.0366. The number of carbonyl (C=O) groups excluding carboxylic acids is 1. The molecule has 2 fully saturated rings. The van der Waals surface area contributed by atoms with Crippen molar-refractivity contribution in [2.75, 3.05) is 20.6 Å². The summed E-state index contributed by atoms with van der Waals surface area (Å²) >= 11 is 0. The quantitative estimate of drug-likeness (QED) is 0.883. The van der Waals surface area contributed by atoms with Crippen LogP contribution in [0.1, 0.15) is 37.8 Å². The zero-order chi connectivity index (χ0) is 14.2. The van der Waals surface area contributed by atoms with Gasteiger partial charge in [0.2, 0.25) is 5.91 Å². The summed E-state index contributed by atoms with van der Waals surface area (Å²) in [5.41, 5.74) is 1.20. The molecule has 1 amide bonds. The molecule has 1 spiro atoms. The van der Waals surface area contributed by atoms with Crippen molar-refractivity contribution in [3.63, 3.8) is 0 Å². The average molecular weight is 274 g/mol. The molecule has 0 aromatic carbocycles. The van der Waals surface area contributed by atoms with Gasteiger partial charge in [0, 0.05) is 25.4 Å². The Bertz CT molecular complexity index is 492. The molecule has 5 nitrogen and oxygen atoms in total. The molecule has 1 aliphatic heterocycles. The third-order valence-electron chi connectivity index (χ3n) is 5.23. The van der Waals surface area contributed by atoms with Gasteiger partial charge in [0.1, 0.15) is 0 Å². The molecule has 3 rings (SSSR count). The van der Waals surface area contributed by atoms with Gasteiger partial charge in [0.25, 0.3) is 0 Å². The van der Waals surface area contributed by atoms with Crippen molar-refractivity contribution in [1.29, 1.82) is 0 Å². The second kappa shape index (κ2) is 4.81. The van der Waals surface area contributed by atoms with E-state index in [9.17, 15) is 4.79 Å². The number of hydrogen-bond donors (Lipinski definition) is 1. The van der Waals surface area contributed by atoms with Crippen LogP contribution in [0.3, 0.4) is 0 Å². The maximum Gasteiger partial charge on any atom is 0.220 e. The van der Waals surface area contributed by atoms with Gasteiger partial charge in [-0.25, -0.2) is 0 Å². The van der Waals surface area contributed by atoms with Crippen LogP contribution in [-0.2, 0) is 10.3 Å². The van der Waals surface area contributed by atoms with E-state index in [4.69, 9.17) is 0 Å². The van der Waals surface area contributed by atoms with Crippen molar-refractivity contribution in [3.8, 4) is 0 Å². The second-order valence-electron chi connectivity index (χ2n) is 6.47. The summed E-state index contributed by atoms with van der Waals surface area (Å²) in [5.74, 6) is 0.210. The molecule has 1 N–H and O–H groups in total. The number of amides is 1. The Morgan fingerprint density at radius 3 is 2.45 bits per heavy atom. The number of nitrogens with one attached hydrogen (secondary N) is 1. The smallest absolute Gasteiger partial charge is 0.220 e. The highest BCUT2D eigenvalue weighted by Crippen LogP contribution is 2.49. The zero-order valence-corrected chi connectivity index (χ0v) is 12.2. The van der Waals surface area contributed by atoms with Gasteiger partial charge >= 0.3 is 0 Å². The summed E-state index contributed by atoms with van der Waals surface area (Å²) in [6.07, 6.45) is 10.3. The van der Waals surface area contributed by atoms with E-state index >= 15 is 0 Å². The lowest BCUT2D eigenvalue weighted by Crippen LogP contribution is -2.47. The van der Waals surface area contributed by atoms with Gasteiger partial charge in [-0.15, -0.1) is 0 Å². The Balaban J connectivity index is 1.84. The number of carbonyl (C=O) groups is 1. The van der Waals surface area contributed by atoms with Crippen LogP contribution in [0.15, 0.2) is 18.6 Å². The first kappa shape index (κ1) is 13.5. The van der Waals surface area contributed by atoms with E-state index in [0.29, 0.717) is 6.42 Å². The van der Waals surface area contributed by atoms with E-state index in [2.05, 4.69) is 34.3 Å². The van der Waals surface area contributed by atoms with E-state index in [1.54, 1.807) is 12.4 Å². The van der Waals surface area contributed by atoms with Crippen molar-refractivity contribution < 1.29 is 4.79 Å². The van der Waals surface area contributed by atoms with Crippen molar-refractivity contribution in [3.05, 3.63) is 24.3 Å². The van der Waals surface area contributed by atoms with Crippen molar-refractivity contribution >= 4 is 5.91 Å². The number of hydrogen-bond acceptors (Lipinski definition) is 4. The minimum absolute atomic E-state index is 0.0366. The predicted molar refractivity (Wildman–Crippen MR) is 75.9 cm³/mol. The molecule has 1 aromatic rings. The van der Waals surface area contributed by atoms with Crippen LogP contribution in [0.25, 0.3) is 0 Å². The molecule has 108 valence electrons. The van der Waals surface area contributed by atoms with E-state index in [0.717, 1.165) is 37.9 Å². The highest BCUT2D eigenvalue weighted by atomic mass is 16.1. The Morgan fingerprint density at radius 2 is 1.95 bits per heavy atom. The monoisotopic (exact) mass is 274 g/mol. The molecule has 1 saturated heterocycles. The first-order chi connectivity index (χ1) is 9.56. The molecule has 1 aliphatic carbocycles. The summed E-state index contributed by atoms with van der Waals surface area (Å²) in [4.78, 5) is 22.6. The van der Waals surface area contributed by atoms with Crippen molar-refractivity contribution in [2.45, 2.75) is 37.6 Å². The molecule has 1 aromatic heterocycles. The lowest BCUT2D eigenvalue weighted by atomic mass is 9.65. The topological polar surface area (TPSA) is 58.1 Å². The van der Waals surface area contributed by atoms with Crippen LogP contribution < -0.4 is 5.32 Å². The van der Waals surface area contributed by atoms with E-state index in [-0.39, 0.29) is 16.9 Å². The van der Waals surface area contributed by atoms with Crippen LogP contribution in [-0.4, -0.2) is 41.4 Å². The summed E-state index contributed by atoms with van der Waals surface area (Å²) in [6.45, 7) is 0.843. The normalized spacial score (nSPS) is 33.6. The fourth-order valence-electron chi connectivity index (χ4n) is 3.77. The Kier molecular flexibility index (Phi) is 3.24. The third-order valence-corrected chi connectivity index (χ3v) is 5.23. The van der Waals surface area contributed by atoms with Gasteiger partial charge in [-0.1, -0.05) is 0 Å². The van der Waals surface area contributed by atoms with Crippen LogP contribution >= 0.6 is 0 Å². The van der Waals surface area contributed by atoms with Gasteiger partial charge < -0.3 is 5.32 Å². The Labute approximate surface area is 119 Å². The molecule has 0 atom stereocenters. The molecule has 1 saturated carbocycles. The second-order valence-corrected chi connectivity index (χ2v) is 6.47. The van der Waals surface area contributed by atoms with E-state index in [1.165, 1.54) is 0 Å². The van der Waals surface area contributed by atoms with Gasteiger partial charge in [-0.2, -0.15) is 0 Å². The Morgan fingerprint density at radius 1 is 1.20 bits per heavy atom. The number of aromatic nitrogens is 2. The molecule has 0 unspecified atom stereocenters. The molecule has 2 aliphatic rings. The van der Waals surface area contributed by atoms with Gasteiger partial charge in [0.05, 0.1) is 17.4 Å². The first-order valence-electron chi connectivity index (χ1n) is 7.27. The highest BCUT2D eigenvalue weighted by molar-refractivity contribution is 5.79. The summed E-state index contributed by atoms with van der Waals surface area (Å²) in [5, 5.41) is 3.00. The number of rotatable bonds is 2. The van der Waals surface area contributed by atoms with Crippen LogP contribution in [0.2, 0.25) is 0 Å². The fourth-order valence-corrected chi connectivity index (χ4v) is 3.77. The van der Waals surface area contributed by atoms with Crippen molar-refractivity contribution in [2.24, 2.45) is 5.41 Å². The number of nitrogens with zero attached hydrogens (tertiary/aromatic N) is 3. The highest BCUT2D eigenvalue weighted by Gasteiger charge is 2.48. The Hall–Kier alpha value is -1.49. The zero-order valence-electron chi connectivity index (χ0n) is 12.2. The third kappa shape index (κ3) is 2.10. The van der Waals surface area contributed by atoms with Crippen LogP contribution in [0, 0.1) is 5.41 Å². The first-order valence-corrected chi connectivity index (χ1v) is 7.27. The largest absolute Gasteiger partial charge is 0.356 e. The lowest BCUT2D eigenvalue weighted by Gasteiger charge is -2.47. The van der Waals surface area contributed by atoms with Crippen LogP contribution in [0.4, 0.5) is 0 Å². The molecule has 0 radical (unpaired) electrons. The van der Waals surface area contributed by atoms with Crippen molar-refractivity contribution in [1.82, 2.24) is 20.2 Å². The van der Waals surface area contributed by atoms with Crippen LogP contribution in [0.5, 0.6) is 0 Å². The minimum Gasteiger partial charge on any atom is -0.356 e. The molecular formula is C15H22N4O. The molecule has 0 bridgehead atoms. The maximum absolute atomic E-state index is 11.5. The predicted octanol–water partition coefficient (Wildman–Crippen LogP) is 1.31. The molecule has 5 heteroatoms. The molecular weight excluding hydrogens is 252 g/mol. The molecule has 20 heavy (non-hydrogen) atoms. The van der Waals surface area contributed by atoms with Gasteiger partial charge in [-0.05, 0) is 45.2 Å². The van der Waals surface area contributed by atoms with E-state index in [1.807, 2.05) is 6.20 Å². The molecule has 2 heterocycles. The maximum atomic E-state index is 11.5. The average Bonchev–Trinajstić information content (AvgIpc) is 2.82. The van der Waals surface area contributed by atoms with Gasteiger partial charge in [0.15, 0.2) is 0 Å². The lowest BCUT2D eigenvalue weighted by molar-refractivity contribution is -0.120. The SMILES string of the molecule is CN(C)[C@]1(c2cnccn2)CC[C@]2(CC1)CNC(=O)C2.